The third kappa shape index (κ3) is 2.69. The highest BCUT2D eigenvalue weighted by Gasteiger charge is 2.26. The van der Waals surface area contributed by atoms with Crippen LogP contribution in [0.5, 0.6) is 0 Å². The fraction of sp³-hybridized carbons (Fsp3) is 0.143. The monoisotopic (exact) mass is 277 g/mol. The van der Waals surface area contributed by atoms with E-state index >= 15 is 0 Å². The number of benzene rings is 1. The second-order valence-corrected chi connectivity index (χ2v) is 4.16. The first-order valence-corrected chi connectivity index (χ1v) is 5.83. The molecule has 0 aliphatic rings. The molecule has 0 spiro atoms. The molecule has 2 rings (SSSR count). The smallest absolute Gasteiger partial charge is 0.331 e. The maximum atomic E-state index is 13.6. The second kappa shape index (κ2) is 5.56. The normalized spacial score (nSPS) is 11.9. The lowest BCUT2D eigenvalue weighted by atomic mass is 10.1. The summed E-state index contributed by atoms with van der Waals surface area (Å²) >= 11 is 0. The molecular formula is C14H12FNO4. The molecule has 0 aliphatic heterocycles. The van der Waals surface area contributed by atoms with E-state index in [0.29, 0.717) is 5.76 Å². The Kier molecular flexibility index (Phi) is 3.84. The minimum Gasteiger partial charge on any atom is -0.479 e. The summed E-state index contributed by atoms with van der Waals surface area (Å²) < 4.78 is 18.6. The van der Waals surface area contributed by atoms with Crippen molar-refractivity contribution < 1.29 is 23.5 Å². The van der Waals surface area contributed by atoms with E-state index in [1.807, 2.05) is 0 Å². The number of aliphatic carboxylic acids is 1. The summed E-state index contributed by atoms with van der Waals surface area (Å²) in [6.07, 6.45) is 1.32. The number of furan rings is 1. The molecule has 0 saturated heterocycles. The van der Waals surface area contributed by atoms with Crippen molar-refractivity contribution in [3.63, 3.8) is 0 Å². The molecule has 1 heterocycles. The number of halogens is 1. The van der Waals surface area contributed by atoms with Gasteiger partial charge in [-0.05, 0) is 19.1 Å². The number of rotatable bonds is 4. The van der Waals surface area contributed by atoms with Crippen LogP contribution in [0.15, 0.2) is 41.0 Å². The molecule has 5 nitrogen and oxygen atoms in total. The highest BCUT2D eigenvalue weighted by Crippen LogP contribution is 2.18. The summed E-state index contributed by atoms with van der Waals surface area (Å²) in [7, 11) is 0. The van der Waals surface area contributed by atoms with Crippen molar-refractivity contribution in [1.82, 2.24) is 5.32 Å². The van der Waals surface area contributed by atoms with Crippen LogP contribution in [0.1, 0.15) is 27.7 Å². The van der Waals surface area contributed by atoms with Gasteiger partial charge in [-0.1, -0.05) is 18.2 Å². The minimum absolute atomic E-state index is 0.102. The maximum absolute atomic E-state index is 13.6. The molecule has 2 N–H and O–H groups in total. The van der Waals surface area contributed by atoms with E-state index in [0.717, 1.165) is 6.07 Å². The van der Waals surface area contributed by atoms with Crippen LogP contribution >= 0.6 is 0 Å². The summed E-state index contributed by atoms with van der Waals surface area (Å²) in [4.78, 5) is 23.2. The van der Waals surface area contributed by atoms with Crippen molar-refractivity contribution in [3.8, 4) is 0 Å². The number of carbonyl (C=O) groups is 2. The zero-order chi connectivity index (χ0) is 14.7. The van der Waals surface area contributed by atoms with Gasteiger partial charge in [0, 0.05) is 5.56 Å². The molecular weight excluding hydrogens is 265 g/mol. The van der Waals surface area contributed by atoms with E-state index < -0.39 is 23.7 Å². The first kappa shape index (κ1) is 13.8. The highest BCUT2D eigenvalue weighted by atomic mass is 19.1. The molecule has 0 aliphatic carbocycles. The number of nitrogens with one attached hydrogen (secondary N) is 1. The van der Waals surface area contributed by atoms with Gasteiger partial charge in [0.15, 0.2) is 6.04 Å². The summed E-state index contributed by atoms with van der Waals surface area (Å²) in [6, 6.07) is 5.36. The van der Waals surface area contributed by atoms with Crippen molar-refractivity contribution in [3.05, 3.63) is 59.3 Å². The number of carboxylic acid groups (broad SMARTS) is 1. The van der Waals surface area contributed by atoms with Gasteiger partial charge in [-0.25, -0.2) is 9.18 Å². The summed E-state index contributed by atoms with van der Waals surface area (Å²) in [5, 5.41) is 11.4. The Labute approximate surface area is 114 Å². The fourth-order valence-corrected chi connectivity index (χ4v) is 1.81. The van der Waals surface area contributed by atoms with E-state index in [1.165, 1.54) is 30.5 Å². The molecule has 20 heavy (non-hydrogen) atoms. The standard InChI is InChI=1S/C14H12FNO4/c1-8-9(6-7-20-8)13(17)16-12(14(18)19)10-4-2-3-5-11(10)15/h2-7,12H,1H3,(H,16,17)(H,18,19)/t12-/m0/s1. The number of hydrogen-bond acceptors (Lipinski definition) is 3. The second-order valence-electron chi connectivity index (χ2n) is 4.16. The Balaban J connectivity index is 2.28. The predicted molar refractivity (Wildman–Crippen MR) is 67.7 cm³/mol. The largest absolute Gasteiger partial charge is 0.479 e. The third-order valence-corrected chi connectivity index (χ3v) is 2.84. The highest BCUT2D eigenvalue weighted by molar-refractivity contribution is 5.97. The molecule has 6 heteroatoms. The van der Waals surface area contributed by atoms with Gasteiger partial charge in [0.1, 0.15) is 11.6 Å². The fourth-order valence-electron chi connectivity index (χ4n) is 1.81. The topological polar surface area (TPSA) is 79.5 Å². The molecule has 0 fully saturated rings. The van der Waals surface area contributed by atoms with E-state index in [1.54, 1.807) is 6.92 Å². The summed E-state index contributed by atoms with van der Waals surface area (Å²) in [5.74, 6) is -2.30. The van der Waals surface area contributed by atoms with Crippen LogP contribution in [0.25, 0.3) is 0 Å². The number of aryl methyl sites for hydroxylation is 1. The minimum atomic E-state index is -1.46. The van der Waals surface area contributed by atoms with Crippen LogP contribution in [0.2, 0.25) is 0 Å². The van der Waals surface area contributed by atoms with Gasteiger partial charge in [0.05, 0.1) is 11.8 Å². The van der Waals surface area contributed by atoms with E-state index in [4.69, 9.17) is 9.52 Å². The average Bonchev–Trinajstić information content (AvgIpc) is 2.83. The van der Waals surface area contributed by atoms with Crippen molar-refractivity contribution >= 4 is 11.9 Å². The van der Waals surface area contributed by atoms with E-state index in [-0.39, 0.29) is 11.1 Å². The third-order valence-electron chi connectivity index (χ3n) is 2.84. The lowest BCUT2D eigenvalue weighted by Gasteiger charge is -2.15. The maximum Gasteiger partial charge on any atom is 0.331 e. The molecule has 2 aromatic rings. The van der Waals surface area contributed by atoms with Crippen molar-refractivity contribution in [2.75, 3.05) is 0 Å². The molecule has 1 aromatic carbocycles. The molecule has 1 amide bonds. The van der Waals surface area contributed by atoms with Crippen LogP contribution in [-0.4, -0.2) is 17.0 Å². The van der Waals surface area contributed by atoms with Crippen LogP contribution in [-0.2, 0) is 4.79 Å². The Bertz CT molecular complexity index is 650. The van der Waals surface area contributed by atoms with Crippen LogP contribution in [0, 0.1) is 12.7 Å². The number of carbonyl (C=O) groups excluding carboxylic acids is 1. The Morgan fingerprint density at radius 2 is 2.00 bits per heavy atom. The van der Waals surface area contributed by atoms with Gasteiger partial charge >= 0.3 is 5.97 Å². The molecule has 0 radical (unpaired) electrons. The quantitative estimate of drug-likeness (QED) is 0.898. The van der Waals surface area contributed by atoms with Crippen molar-refractivity contribution in [2.45, 2.75) is 13.0 Å². The zero-order valence-electron chi connectivity index (χ0n) is 10.6. The van der Waals surface area contributed by atoms with Gasteiger partial charge in [-0.3, -0.25) is 4.79 Å². The lowest BCUT2D eigenvalue weighted by molar-refractivity contribution is -0.139. The molecule has 1 atom stereocenters. The van der Waals surface area contributed by atoms with Crippen LogP contribution in [0.3, 0.4) is 0 Å². The predicted octanol–water partition coefficient (Wildman–Crippen LogP) is 2.28. The van der Waals surface area contributed by atoms with Crippen LogP contribution < -0.4 is 5.32 Å². The number of amides is 1. The number of carboxylic acids is 1. The lowest BCUT2D eigenvalue weighted by Crippen LogP contribution is -2.34. The van der Waals surface area contributed by atoms with Crippen molar-refractivity contribution in [1.29, 1.82) is 0 Å². The van der Waals surface area contributed by atoms with Gasteiger partial charge in [0.2, 0.25) is 0 Å². The molecule has 0 saturated carbocycles. The Morgan fingerprint density at radius 1 is 1.30 bits per heavy atom. The van der Waals surface area contributed by atoms with Gasteiger partial charge in [-0.2, -0.15) is 0 Å². The first-order chi connectivity index (χ1) is 9.50. The SMILES string of the molecule is Cc1occc1C(=O)N[C@H](C(=O)O)c1ccccc1F. The van der Waals surface area contributed by atoms with Crippen molar-refractivity contribution in [2.24, 2.45) is 0 Å². The molecule has 0 bridgehead atoms. The van der Waals surface area contributed by atoms with Crippen LogP contribution in [0.4, 0.5) is 4.39 Å². The van der Waals surface area contributed by atoms with Gasteiger partial charge in [0.25, 0.3) is 5.91 Å². The zero-order valence-corrected chi connectivity index (χ0v) is 10.6. The Hall–Kier alpha value is -2.63. The summed E-state index contributed by atoms with van der Waals surface area (Å²) in [6.45, 7) is 1.58. The number of hydrogen-bond donors (Lipinski definition) is 2. The molecule has 0 unspecified atom stereocenters. The van der Waals surface area contributed by atoms with E-state index in [9.17, 15) is 14.0 Å². The average molecular weight is 277 g/mol. The van der Waals surface area contributed by atoms with E-state index in [2.05, 4.69) is 5.32 Å². The summed E-state index contributed by atoms with van der Waals surface area (Å²) in [5.41, 5.74) is 0.113. The first-order valence-electron chi connectivity index (χ1n) is 5.83. The van der Waals surface area contributed by atoms with Gasteiger partial charge in [-0.15, -0.1) is 0 Å². The Morgan fingerprint density at radius 3 is 2.55 bits per heavy atom. The molecule has 1 aromatic heterocycles. The molecule has 104 valence electrons. The van der Waals surface area contributed by atoms with Gasteiger partial charge < -0.3 is 14.8 Å².